The van der Waals surface area contributed by atoms with E-state index in [-0.39, 0.29) is 11.7 Å². The second-order valence-electron chi connectivity index (χ2n) is 5.93. The highest BCUT2D eigenvalue weighted by atomic mass is 32.2. The summed E-state index contributed by atoms with van der Waals surface area (Å²) in [5, 5.41) is 15.0. The molecule has 3 rings (SSSR count). The molecule has 0 aliphatic heterocycles. The van der Waals surface area contributed by atoms with Crippen molar-refractivity contribution < 1.29 is 19.1 Å². The molecule has 0 spiro atoms. The molecule has 1 heterocycles. The first-order valence-electron chi connectivity index (χ1n) is 8.56. The summed E-state index contributed by atoms with van der Waals surface area (Å²) in [5.74, 6) is 0.0452. The van der Waals surface area contributed by atoms with E-state index in [0.717, 1.165) is 11.3 Å². The van der Waals surface area contributed by atoms with Gasteiger partial charge in [-0.15, -0.1) is 5.10 Å². The number of carbonyl (C=O) groups is 2. The number of aryl methyl sites for hydroxylation is 1. The first-order chi connectivity index (χ1) is 14.0. The Labute approximate surface area is 171 Å². The van der Waals surface area contributed by atoms with Gasteiger partial charge in [0.1, 0.15) is 5.75 Å². The second kappa shape index (κ2) is 9.20. The lowest BCUT2D eigenvalue weighted by Gasteiger charge is -2.10. The summed E-state index contributed by atoms with van der Waals surface area (Å²) in [4.78, 5) is 23.9. The summed E-state index contributed by atoms with van der Waals surface area (Å²) >= 11 is 1.20. The first kappa shape index (κ1) is 20.3. The van der Waals surface area contributed by atoms with Crippen LogP contribution in [0.2, 0.25) is 0 Å². The molecule has 0 radical (unpaired) electrons. The minimum atomic E-state index is -0.469. The fourth-order valence-corrected chi connectivity index (χ4v) is 3.22. The Morgan fingerprint density at radius 2 is 2.00 bits per heavy atom. The highest BCUT2D eigenvalue weighted by Gasteiger charge is 2.14. The standard InChI is InChI=1S/C19H19N5O4S/c1-12-7-8-15(27-2)10-16(12)24-19(21-22-23-24)29-11-17(25)20-14-6-4-5-13(9-14)18(26)28-3/h4-10H,11H2,1-3H3,(H,20,25). The Balaban J connectivity index is 1.68. The van der Waals surface area contributed by atoms with E-state index in [9.17, 15) is 9.59 Å². The number of benzene rings is 2. The molecule has 150 valence electrons. The van der Waals surface area contributed by atoms with Gasteiger partial charge in [0.2, 0.25) is 11.1 Å². The Morgan fingerprint density at radius 1 is 1.17 bits per heavy atom. The van der Waals surface area contributed by atoms with E-state index in [4.69, 9.17) is 4.74 Å². The Morgan fingerprint density at radius 3 is 2.76 bits per heavy atom. The number of anilines is 1. The minimum absolute atomic E-state index is 0.0891. The van der Waals surface area contributed by atoms with Gasteiger partial charge < -0.3 is 14.8 Å². The van der Waals surface area contributed by atoms with Gasteiger partial charge in [0.05, 0.1) is 31.2 Å². The molecular formula is C19H19N5O4S. The summed E-state index contributed by atoms with van der Waals surface area (Å²) in [7, 11) is 2.89. The van der Waals surface area contributed by atoms with Crippen LogP contribution in [0.5, 0.6) is 5.75 Å². The van der Waals surface area contributed by atoms with Crippen molar-refractivity contribution in [2.75, 3.05) is 25.3 Å². The summed E-state index contributed by atoms with van der Waals surface area (Å²) < 4.78 is 11.5. The van der Waals surface area contributed by atoms with Crippen molar-refractivity contribution in [1.82, 2.24) is 20.2 Å². The molecule has 0 saturated heterocycles. The molecular weight excluding hydrogens is 394 g/mol. The van der Waals surface area contributed by atoms with Crippen molar-refractivity contribution in [3.63, 3.8) is 0 Å². The number of rotatable bonds is 7. The van der Waals surface area contributed by atoms with Crippen molar-refractivity contribution in [3.8, 4) is 11.4 Å². The second-order valence-corrected chi connectivity index (χ2v) is 6.88. The summed E-state index contributed by atoms with van der Waals surface area (Å²) in [6, 6.07) is 12.1. The van der Waals surface area contributed by atoms with Gasteiger partial charge in [-0.2, -0.15) is 4.68 Å². The molecule has 0 atom stereocenters. The van der Waals surface area contributed by atoms with Crippen LogP contribution in [0.4, 0.5) is 5.69 Å². The van der Waals surface area contributed by atoms with E-state index >= 15 is 0 Å². The molecule has 29 heavy (non-hydrogen) atoms. The van der Waals surface area contributed by atoms with E-state index in [1.807, 2.05) is 25.1 Å². The molecule has 2 aromatic carbocycles. The number of methoxy groups -OCH3 is 2. The number of hydrogen-bond acceptors (Lipinski definition) is 8. The van der Waals surface area contributed by atoms with Gasteiger partial charge >= 0.3 is 5.97 Å². The molecule has 0 bridgehead atoms. The number of nitrogens with one attached hydrogen (secondary N) is 1. The zero-order valence-corrected chi connectivity index (χ0v) is 16.9. The smallest absolute Gasteiger partial charge is 0.337 e. The molecule has 1 N–H and O–H groups in total. The molecule has 1 amide bonds. The van der Waals surface area contributed by atoms with Crippen molar-refractivity contribution in [2.24, 2.45) is 0 Å². The van der Waals surface area contributed by atoms with Crippen molar-refractivity contribution >= 4 is 29.3 Å². The van der Waals surface area contributed by atoms with Crippen LogP contribution < -0.4 is 10.1 Å². The zero-order chi connectivity index (χ0) is 20.8. The molecule has 0 saturated carbocycles. The number of amides is 1. The molecule has 0 aliphatic carbocycles. The number of nitrogens with zero attached hydrogens (tertiary/aromatic N) is 4. The fraction of sp³-hybridized carbons (Fsp3) is 0.211. The van der Waals surface area contributed by atoms with Crippen molar-refractivity contribution in [2.45, 2.75) is 12.1 Å². The number of carbonyl (C=O) groups excluding carboxylic acids is 2. The molecule has 3 aromatic rings. The van der Waals surface area contributed by atoms with Crippen LogP contribution in [0.3, 0.4) is 0 Å². The van der Waals surface area contributed by atoms with E-state index in [0.29, 0.717) is 22.2 Å². The SMILES string of the molecule is COC(=O)c1cccc(NC(=O)CSc2nnnn2-c2cc(OC)ccc2C)c1. The van der Waals surface area contributed by atoms with Crippen molar-refractivity contribution in [1.29, 1.82) is 0 Å². The largest absolute Gasteiger partial charge is 0.497 e. The van der Waals surface area contributed by atoms with Crippen molar-refractivity contribution in [3.05, 3.63) is 53.6 Å². The van der Waals surface area contributed by atoms with Crippen LogP contribution in [0.25, 0.3) is 5.69 Å². The Bertz CT molecular complexity index is 1040. The van der Waals surface area contributed by atoms with Crippen LogP contribution >= 0.6 is 11.8 Å². The number of aromatic nitrogens is 4. The van der Waals surface area contributed by atoms with Crippen LogP contribution in [0.1, 0.15) is 15.9 Å². The highest BCUT2D eigenvalue weighted by molar-refractivity contribution is 7.99. The van der Waals surface area contributed by atoms with E-state index in [2.05, 4.69) is 25.6 Å². The normalized spacial score (nSPS) is 10.4. The van der Waals surface area contributed by atoms with Gasteiger partial charge in [-0.25, -0.2) is 4.79 Å². The fourth-order valence-electron chi connectivity index (χ4n) is 2.53. The maximum absolute atomic E-state index is 12.3. The summed E-state index contributed by atoms with van der Waals surface area (Å²) in [6.07, 6.45) is 0. The lowest BCUT2D eigenvalue weighted by molar-refractivity contribution is -0.113. The van der Waals surface area contributed by atoms with Crippen LogP contribution in [-0.4, -0.2) is 52.1 Å². The average molecular weight is 413 g/mol. The predicted molar refractivity (Wildman–Crippen MR) is 108 cm³/mol. The lowest BCUT2D eigenvalue weighted by Crippen LogP contribution is -2.15. The van der Waals surface area contributed by atoms with E-state index < -0.39 is 5.97 Å². The monoisotopic (exact) mass is 413 g/mol. The third kappa shape index (κ3) is 4.91. The molecule has 0 unspecified atom stereocenters. The zero-order valence-electron chi connectivity index (χ0n) is 16.1. The van der Waals surface area contributed by atoms with Gasteiger partial charge in [0.15, 0.2) is 0 Å². The molecule has 0 fully saturated rings. The van der Waals surface area contributed by atoms with E-state index in [1.54, 1.807) is 36.1 Å². The van der Waals surface area contributed by atoms with Crippen LogP contribution in [0, 0.1) is 6.92 Å². The Hall–Kier alpha value is -3.40. The predicted octanol–water partition coefficient (Wildman–Crippen LogP) is 2.50. The average Bonchev–Trinajstić information content (AvgIpc) is 3.20. The first-order valence-corrected chi connectivity index (χ1v) is 9.55. The number of thioether (sulfide) groups is 1. The number of esters is 1. The van der Waals surface area contributed by atoms with E-state index in [1.165, 1.54) is 18.9 Å². The number of ether oxygens (including phenoxy) is 2. The number of hydrogen-bond donors (Lipinski definition) is 1. The molecule has 9 nitrogen and oxygen atoms in total. The third-order valence-corrected chi connectivity index (χ3v) is 4.90. The lowest BCUT2D eigenvalue weighted by atomic mass is 10.2. The summed E-state index contributed by atoms with van der Waals surface area (Å²) in [6.45, 7) is 1.94. The van der Waals surface area contributed by atoms with Gasteiger partial charge in [-0.05, 0) is 47.2 Å². The van der Waals surface area contributed by atoms with Gasteiger partial charge in [0, 0.05) is 11.8 Å². The minimum Gasteiger partial charge on any atom is -0.497 e. The van der Waals surface area contributed by atoms with Gasteiger partial charge in [-0.3, -0.25) is 4.79 Å². The quantitative estimate of drug-likeness (QED) is 0.465. The third-order valence-electron chi connectivity index (χ3n) is 3.99. The molecule has 10 heteroatoms. The summed E-state index contributed by atoms with van der Waals surface area (Å²) in [5.41, 5.74) is 2.59. The van der Waals surface area contributed by atoms with Gasteiger partial charge in [-0.1, -0.05) is 23.9 Å². The topological polar surface area (TPSA) is 108 Å². The maximum atomic E-state index is 12.3. The highest BCUT2D eigenvalue weighted by Crippen LogP contribution is 2.24. The van der Waals surface area contributed by atoms with Crippen LogP contribution in [0.15, 0.2) is 47.6 Å². The Kier molecular flexibility index (Phi) is 6.45. The van der Waals surface area contributed by atoms with Crippen LogP contribution in [-0.2, 0) is 9.53 Å². The molecule has 0 aliphatic rings. The molecule has 1 aromatic heterocycles. The maximum Gasteiger partial charge on any atom is 0.337 e. The van der Waals surface area contributed by atoms with Gasteiger partial charge in [0.25, 0.3) is 0 Å². The number of tetrazole rings is 1.